The summed E-state index contributed by atoms with van der Waals surface area (Å²) in [6, 6.07) is 0. The van der Waals surface area contributed by atoms with Crippen molar-refractivity contribution in [2.75, 3.05) is 19.7 Å². The van der Waals surface area contributed by atoms with Crippen LogP contribution in [0.25, 0.3) is 0 Å². The Morgan fingerprint density at radius 3 is 2.46 bits per heavy atom. The van der Waals surface area contributed by atoms with E-state index in [0.717, 1.165) is 25.9 Å². The molecule has 1 fully saturated rings. The van der Waals surface area contributed by atoms with Gasteiger partial charge < -0.3 is 16.2 Å². The highest BCUT2D eigenvalue weighted by Crippen LogP contribution is 2.23. The van der Waals surface area contributed by atoms with Gasteiger partial charge in [0.05, 0.1) is 6.10 Å². The predicted octanol–water partition coefficient (Wildman–Crippen LogP) is 0.571. The summed E-state index contributed by atoms with van der Waals surface area (Å²) in [6.07, 6.45) is 3.51. The zero-order valence-corrected chi connectivity index (χ0v) is 7.97. The third-order valence-electron chi connectivity index (χ3n) is 2.60. The van der Waals surface area contributed by atoms with E-state index in [1.54, 1.807) is 0 Å². The maximum absolute atomic E-state index is 13.7. The highest BCUT2D eigenvalue weighted by Gasteiger charge is 2.31. The van der Waals surface area contributed by atoms with Gasteiger partial charge in [-0.2, -0.15) is 0 Å². The van der Waals surface area contributed by atoms with Gasteiger partial charge in [-0.3, -0.25) is 0 Å². The van der Waals surface area contributed by atoms with Crippen LogP contribution in [0.1, 0.15) is 25.7 Å². The van der Waals surface area contributed by atoms with Gasteiger partial charge in [-0.15, -0.1) is 0 Å². The van der Waals surface area contributed by atoms with E-state index >= 15 is 0 Å². The maximum Gasteiger partial charge on any atom is 0.137 e. The van der Waals surface area contributed by atoms with Crippen LogP contribution in [0.5, 0.6) is 0 Å². The lowest BCUT2D eigenvalue weighted by Crippen LogP contribution is -2.44. The van der Waals surface area contributed by atoms with Crippen molar-refractivity contribution in [3.63, 3.8) is 0 Å². The van der Waals surface area contributed by atoms with Crippen LogP contribution in [0, 0.1) is 0 Å². The Hall–Kier alpha value is -0.190. The zero-order chi connectivity index (χ0) is 9.73. The maximum atomic E-state index is 13.7. The fourth-order valence-electron chi connectivity index (χ4n) is 1.63. The normalized spacial score (nSPS) is 24.7. The van der Waals surface area contributed by atoms with E-state index < -0.39 is 5.67 Å². The summed E-state index contributed by atoms with van der Waals surface area (Å²) in [7, 11) is 0. The predicted molar refractivity (Wildman–Crippen MR) is 50.2 cm³/mol. The molecule has 3 nitrogen and oxygen atoms in total. The average Bonchev–Trinajstić information content (AvgIpc) is 2.19. The SMILES string of the molecule is NCC(F)(CN)C[C@H]1CCCCO1. The first-order valence-corrected chi connectivity index (χ1v) is 4.91. The molecule has 0 amide bonds. The molecule has 0 radical (unpaired) electrons. The van der Waals surface area contributed by atoms with E-state index in [4.69, 9.17) is 16.2 Å². The van der Waals surface area contributed by atoms with E-state index in [1.807, 2.05) is 0 Å². The lowest BCUT2D eigenvalue weighted by Gasteiger charge is -2.29. The van der Waals surface area contributed by atoms with E-state index in [1.165, 1.54) is 0 Å². The van der Waals surface area contributed by atoms with Crippen LogP contribution in [-0.4, -0.2) is 31.5 Å². The quantitative estimate of drug-likeness (QED) is 0.681. The van der Waals surface area contributed by atoms with Gasteiger partial charge in [0, 0.05) is 26.1 Å². The van der Waals surface area contributed by atoms with Crippen LogP contribution in [-0.2, 0) is 4.74 Å². The van der Waals surface area contributed by atoms with Crippen molar-refractivity contribution >= 4 is 0 Å². The van der Waals surface area contributed by atoms with Gasteiger partial charge in [0.1, 0.15) is 5.67 Å². The molecule has 0 unspecified atom stereocenters. The summed E-state index contributed by atoms with van der Waals surface area (Å²) in [6.45, 7) is 0.725. The minimum Gasteiger partial charge on any atom is -0.378 e. The van der Waals surface area contributed by atoms with Gasteiger partial charge in [0.25, 0.3) is 0 Å². The molecule has 1 atom stereocenters. The molecular weight excluding hydrogens is 171 g/mol. The molecular formula is C9H19FN2O. The van der Waals surface area contributed by atoms with Gasteiger partial charge >= 0.3 is 0 Å². The standard InChI is InChI=1S/C9H19FN2O/c10-9(6-11,7-12)5-8-3-1-2-4-13-8/h8H,1-7,11-12H2/t8-/m1/s1. The average molecular weight is 190 g/mol. The minimum absolute atomic E-state index is 0.0106. The van der Waals surface area contributed by atoms with Crippen molar-refractivity contribution in [3.05, 3.63) is 0 Å². The molecule has 1 rings (SSSR count). The van der Waals surface area contributed by atoms with E-state index in [0.29, 0.717) is 6.42 Å². The van der Waals surface area contributed by atoms with E-state index in [9.17, 15) is 4.39 Å². The second kappa shape index (κ2) is 4.88. The van der Waals surface area contributed by atoms with Crippen molar-refractivity contribution in [2.45, 2.75) is 37.5 Å². The highest BCUT2D eigenvalue weighted by atomic mass is 19.1. The first kappa shape index (κ1) is 10.9. The van der Waals surface area contributed by atoms with Crippen LogP contribution in [0.3, 0.4) is 0 Å². The van der Waals surface area contributed by atoms with Gasteiger partial charge in [-0.05, 0) is 19.3 Å². The molecule has 0 bridgehead atoms. The molecule has 4 heteroatoms. The number of nitrogens with two attached hydrogens (primary N) is 2. The number of hydrogen-bond acceptors (Lipinski definition) is 3. The molecule has 0 aromatic rings. The van der Waals surface area contributed by atoms with Crippen LogP contribution < -0.4 is 11.5 Å². The van der Waals surface area contributed by atoms with E-state index in [-0.39, 0.29) is 19.2 Å². The Bertz CT molecular complexity index is 145. The van der Waals surface area contributed by atoms with Crippen molar-refractivity contribution < 1.29 is 9.13 Å². The molecule has 13 heavy (non-hydrogen) atoms. The smallest absolute Gasteiger partial charge is 0.137 e. The van der Waals surface area contributed by atoms with Gasteiger partial charge in [-0.25, -0.2) is 4.39 Å². The molecule has 1 aliphatic rings. The number of ether oxygens (including phenoxy) is 1. The number of halogens is 1. The second-order valence-corrected chi connectivity index (χ2v) is 3.75. The second-order valence-electron chi connectivity index (χ2n) is 3.75. The summed E-state index contributed by atoms with van der Waals surface area (Å²) in [5, 5.41) is 0. The van der Waals surface area contributed by atoms with Crippen molar-refractivity contribution in [3.8, 4) is 0 Å². The van der Waals surface area contributed by atoms with Crippen molar-refractivity contribution in [1.29, 1.82) is 0 Å². The number of rotatable bonds is 4. The van der Waals surface area contributed by atoms with Gasteiger partial charge in [-0.1, -0.05) is 0 Å². The van der Waals surface area contributed by atoms with Gasteiger partial charge in [0.15, 0.2) is 0 Å². The summed E-state index contributed by atoms with van der Waals surface area (Å²) >= 11 is 0. The molecule has 4 N–H and O–H groups in total. The monoisotopic (exact) mass is 190 g/mol. The third-order valence-corrected chi connectivity index (χ3v) is 2.60. The van der Waals surface area contributed by atoms with Crippen molar-refractivity contribution in [1.82, 2.24) is 0 Å². The summed E-state index contributed by atoms with van der Waals surface area (Å²) in [5.74, 6) is 0. The molecule has 0 aromatic heterocycles. The number of hydrogen-bond donors (Lipinski definition) is 2. The first-order chi connectivity index (χ1) is 6.20. The molecule has 0 aliphatic carbocycles. The number of alkyl halides is 1. The fraction of sp³-hybridized carbons (Fsp3) is 1.00. The Kier molecular flexibility index (Phi) is 4.09. The summed E-state index contributed by atoms with van der Waals surface area (Å²) in [5.41, 5.74) is 9.22. The van der Waals surface area contributed by atoms with Crippen LogP contribution in [0.4, 0.5) is 4.39 Å². The minimum atomic E-state index is -1.43. The molecule has 1 heterocycles. The highest BCUT2D eigenvalue weighted by molar-refractivity contribution is 4.85. The Labute approximate surface area is 78.6 Å². The van der Waals surface area contributed by atoms with Crippen LogP contribution in [0.2, 0.25) is 0 Å². The molecule has 0 spiro atoms. The summed E-state index contributed by atoms with van der Waals surface area (Å²) < 4.78 is 19.1. The third kappa shape index (κ3) is 3.21. The van der Waals surface area contributed by atoms with Crippen molar-refractivity contribution in [2.24, 2.45) is 11.5 Å². The van der Waals surface area contributed by atoms with Crippen LogP contribution >= 0.6 is 0 Å². The fourth-order valence-corrected chi connectivity index (χ4v) is 1.63. The molecule has 78 valence electrons. The Balaban J connectivity index is 2.35. The van der Waals surface area contributed by atoms with E-state index in [2.05, 4.69) is 0 Å². The molecule has 0 aromatic carbocycles. The molecule has 1 saturated heterocycles. The molecule has 1 aliphatic heterocycles. The van der Waals surface area contributed by atoms with Gasteiger partial charge in [0.2, 0.25) is 0 Å². The topological polar surface area (TPSA) is 61.3 Å². The zero-order valence-electron chi connectivity index (χ0n) is 7.97. The Morgan fingerprint density at radius 1 is 1.31 bits per heavy atom. The Morgan fingerprint density at radius 2 is 2.00 bits per heavy atom. The lowest BCUT2D eigenvalue weighted by molar-refractivity contribution is -0.0208. The lowest BCUT2D eigenvalue weighted by atomic mass is 9.94. The summed E-state index contributed by atoms with van der Waals surface area (Å²) in [4.78, 5) is 0. The largest absolute Gasteiger partial charge is 0.378 e. The molecule has 0 saturated carbocycles. The first-order valence-electron chi connectivity index (χ1n) is 4.91. The van der Waals surface area contributed by atoms with Crippen LogP contribution in [0.15, 0.2) is 0 Å².